The maximum Gasteiger partial charge on any atom is 0.266 e. The van der Waals surface area contributed by atoms with Crippen LogP contribution in [0.15, 0.2) is 127 Å². The molecule has 0 spiro atoms. The minimum absolute atomic E-state index is 0.351. The van der Waals surface area contributed by atoms with Crippen molar-refractivity contribution in [1.29, 1.82) is 0 Å². The van der Waals surface area contributed by atoms with Crippen LogP contribution in [0.1, 0.15) is 47.0 Å². The second-order valence-electron chi connectivity index (χ2n) is 12.2. The topological polar surface area (TPSA) is 127 Å². The van der Waals surface area contributed by atoms with Crippen molar-refractivity contribution in [2.75, 3.05) is 21.3 Å². The molecule has 8 heteroatoms. The maximum atomic E-state index is 13.5. The summed E-state index contributed by atoms with van der Waals surface area (Å²) in [6.07, 6.45) is 0. The van der Waals surface area contributed by atoms with Gasteiger partial charge in [0.15, 0.2) is 0 Å². The lowest BCUT2D eigenvalue weighted by atomic mass is 9.99. The third-order valence-corrected chi connectivity index (χ3v) is 9.17. The quantitative estimate of drug-likeness (QED) is 0.147. The number of fused-ring (bicyclic) bond motifs is 2. The van der Waals surface area contributed by atoms with Gasteiger partial charge < -0.3 is 11.5 Å². The van der Waals surface area contributed by atoms with Crippen LogP contribution in [0, 0.1) is 6.92 Å². The molecular weight excluding hydrogens is 612 g/mol. The number of hydrogen-bond acceptors (Lipinski definition) is 6. The standard InChI is InChI=1S/C41H28N4O4/c1-23-20-32(45-39(47)35-18-9-28(22-37(35)41(45)49)25-4-12-30(43)13-5-25)16-19-33(23)26-6-14-31(15-7-26)44-38(46)34-17-8-27(21-36(34)40(44)48)24-2-10-29(42)11-3-24/h2-22H,42-43H2,1H3. The van der Waals surface area contributed by atoms with E-state index in [1.165, 1.54) is 9.80 Å². The summed E-state index contributed by atoms with van der Waals surface area (Å²) in [7, 11) is 0. The number of aryl methyl sites for hydroxylation is 1. The molecular formula is C41H28N4O4. The fraction of sp³-hybridized carbons (Fsp3) is 0.0244. The number of hydrogen-bond donors (Lipinski definition) is 2. The van der Waals surface area contributed by atoms with E-state index in [4.69, 9.17) is 11.5 Å². The van der Waals surface area contributed by atoms with E-state index < -0.39 is 0 Å². The molecule has 2 aliphatic rings. The summed E-state index contributed by atoms with van der Waals surface area (Å²) in [5.74, 6) is -1.51. The molecule has 4 N–H and O–H groups in total. The van der Waals surface area contributed by atoms with Gasteiger partial charge in [-0.3, -0.25) is 19.2 Å². The summed E-state index contributed by atoms with van der Waals surface area (Å²) in [5.41, 5.74) is 21.3. The number of nitrogens with zero attached hydrogens (tertiary/aromatic N) is 2. The van der Waals surface area contributed by atoms with Gasteiger partial charge in [-0.2, -0.15) is 0 Å². The Kier molecular flexibility index (Phi) is 6.75. The van der Waals surface area contributed by atoms with Gasteiger partial charge in [-0.15, -0.1) is 0 Å². The third-order valence-electron chi connectivity index (χ3n) is 9.17. The summed E-state index contributed by atoms with van der Waals surface area (Å²) < 4.78 is 0. The van der Waals surface area contributed by atoms with Gasteiger partial charge in [0.05, 0.1) is 33.6 Å². The fourth-order valence-corrected chi connectivity index (χ4v) is 6.56. The molecule has 8 nitrogen and oxygen atoms in total. The highest BCUT2D eigenvalue weighted by atomic mass is 16.2. The van der Waals surface area contributed by atoms with E-state index in [0.29, 0.717) is 45.0 Å². The zero-order valence-corrected chi connectivity index (χ0v) is 26.3. The van der Waals surface area contributed by atoms with Crippen LogP contribution in [0.3, 0.4) is 0 Å². The molecule has 4 amide bonds. The van der Waals surface area contributed by atoms with Crippen molar-refractivity contribution in [3.05, 3.63) is 155 Å². The van der Waals surface area contributed by atoms with Gasteiger partial charge in [0.2, 0.25) is 0 Å². The lowest BCUT2D eigenvalue weighted by Gasteiger charge is -2.17. The van der Waals surface area contributed by atoms with Gasteiger partial charge in [0.1, 0.15) is 0 Å². The predicted molar refractivity (Wildman–Crippen MR) is 191 cm³/mol. The monoisotopic (exact) mass is 640 g/mol. The molecule has 0 aliphatic carbocycles. The molecule has 49 heavy (non-hydrogen) atoms. The zero-order chi connectivity index (χ0) is 34.0. The van der Waals surface area contributed by atoms with Crippen LogP contribution in [-0.4, -0.2) is 23.6 Å². The summed E-state index contributed by atoms with van der Waals surface area (Å²) in [6.45, 7) is 1.91. The third kappa shape index (κ3) is 4.85. The first-order chi connectivity index (χ1) is 23.7. The zero-order valence-electron chi connectivity index (χ0n) is 26.3. The number of carbonyl (C=O) groups is 4. The highest BCUT2D eigenvalue weighted by molar-refractivity contribution is 6.35. The minimum atomic E-state index is -0.382. The Morgan fingerprint density at radius 2 is 0.735 bits per heavy atom. The largest absolute Gasteiger partial charge is 0.399 e. The van der Waals surface area contributed by atoms with Gasteiger partial charge in [0, 0.05) is 11.4 Å². The van der Waals surface area contributed by atoms with Crippen LogP contribution >= 0.6 is 0 Å². The summed E-state index contributed by atoms with van der Waals surface area (Å²) in [4.78, 5) is 56.1. The minimum Gasteiger partial charge on any atom is -0.399 e. The SMILES string of the molecule is Cc1cc(N2C(=O)c3ccc(-c4ccc(N)cc4)cc3C2=O)ccc1-c1ccc(N2C(=O)c3ccc(-c4ccc(N)cc4)cc3C2=O)cc1. The van der Waals surface area contributed by atoms with Crippen molar-refractivity contribution in [3.63, 3.8) is 0 Å². The van der Waals surface area contributed by atoms with E-state index in [9.17, 15) is 19.2 Å². The first kappa shape index (κ1) is 29.6. The lowest BCUT2D eigenvalue weighted by molar-refractivity contribution is 0.0910. The highest BCUT2D eigenvalue weighted by Crippen LogP contribution is 2.36. The number of anilines is 4. The van der Waals surface area contributed by atoms with E-state index in [-0.39, 0.29) is 23.6 Å². The second kappa shape index (κ2) is 11.2. The molecule has 0 radical (unpaired) electrons. The predicted octanol–water partition coefficient (Wildman–Crippen LogP) is 7.76. The van der Waals surface area contributed by atoms with Crippen molar-refractivity contribution in [2.24, 2.45) is 0 Å². The summed E-state index contributed by atoms with van der Waals surface area (Å²) in [5, 5.41) is 0. The van der Waals surface area contributed by atoms with Crippen LogP contribution < -0.4 is 21.3 Å². The molecule has 0 atom stereocenters. The Labute approximate surface area is 281 Å². The van der Waals surface area contributed by atoms with Crippen LogP contribution in [0.4, 0.5) is 22.7 Å². The van der Waals surface area contributed by atoms with Crippen molar-refractivity contribution in [1.82, 2.24) is 0 Å². The molecule has 0 bridgehead atoms. The molecule has 0 fully saturated rings. The van der Waals surface area contributed by atoms with E-state index in [1.54, 1.807) is 66.7 Å². The Bertz CT molecular complexity index is 2380. The first-order valence-electron chi connectivity index (χ1n) is 15.7. The molecule has 0 aromatic heterocycles. The number of imide groups is 2. The number of carbonyl (C=O) groups excluding carboxylic acids is 4. The Balaban J connectivity index is 1.03. The molecule has 0 unspecified atom stereocenters. The van der Waals surface area contributed by atoms with Gasteiger partial charge in [0.25, 0.3) is 23.6 Å². The van der Waals surface area contributed by atoms with Gasteiger partial charge in [-0.1, -0.05) is 54.6 Å². The summed E-state index contributed by atoms with van der Waals surface area (Å²) >= 11 is 0. The van der Waals surface area contributed by atoms with E-state index >= 15 is 0 Å². The van der Waals surface area contributed by atoms with E-state index in [1.807, 2.05) is 67.6 Å². The summed E-state index contributed by atoms with van der Waals surface area (Å²) in [6, 6.07) is 37.8. The smallest absolute Gasteiger partial charge is 0.266 e. The van der Waals surface area contributed by atoms with Gasteiger partial charge >= 0.3 is 0 Å². The Hall–Kier alpha value is -6.80. The number of amides is 4. The molecule has 6 aromatic carbocycles. The Morgan fingerprint density at radius 1 is 0.367 bits per heavy atom. The van der Waals surface area contributed by atoms with Crippen molar-refractivity contribution >= 4 is 46.4 Å². The van der Waals surface area contributed by atoms with Gasteiger partial charge in [-0.05, 0) is 119 Å². The van der Waals surface area contributed by atoms with E-state index in [0.717, 1.165) is 38.9 Å². The number of benzene rings is 6. The highest BCUT2D eigenvalue weighted by Gasteiger charge is 2.38. The molecule has 0 saturated carbocycles. The average Bonchev–Trinajstić information content (AvgIpc) is 3.52. The lowest BCUT2D eigenvalue weighted by Crippen LogP contribution is -2.29. The average molecular weight is 641 g/mol. The maximum absolute atomic E-state index is 13.5. The second-order valence-corrected chi connectivity index (χ2v) is 12.2. The van der Waals surface area contributed by atoms with Crippen molar-refractivity contribution in [2.45, 2.75) is 6.92 Å². The van der Waals surface area contributed by atoms with Crippen LogP contribution in [0.25, 0.3) is 33.4 Å². The first-order valence-corrected chi connectivity index (χ1v) is 15.7. The Morgan fingerprint density at radius 3 is 1.20 bits per heavy atom. The normalized spacial score (nSPS) is 13.7. The van der Waals surface area contributed by atoms with Crippen LogP contribution in [0.5, 0.6) is 0 Å². The van der Waals surface area contributed by atoms with Crippen molar-refractivity contribution in [3.8, 4) is 33.4 Å². The molecule has 6 aromatic rings. The molecule has 2 aliphatic heterocycles. The molecule has 236 valence electrons. The molecule has 0 saturated heterocycles. The number of nitrogens with two attached hydrogens (primary N) is 2. The van der Waals surface area contributed by atoms with E-state index in [2.05, 4.69) is 0 Å². The van der Waals surface area contributed by atoms with Crippen molar-refractivity contribution < 1.29 is 19.2 Å². The molecule has 8 rings (SSSR count). The molecule has 2 heterocycles. The van der Waals surface area contributed by atoms with Crippen LogP contribution in [0.2, 0.25) is 0 Å². The number of rotatable bonds is 5. The van der Waals surface area contributed by atoms with Crippen LogP contribution in [-0.2, 0) is 0 Å². The van der Waals surface area contributed by atoms with Gasteiger partial charge in [-0.25, -0.2) is 9.80 Å². The fourth-order valence-electron chi connectivity index (χ4n) is 6.56. The number of nitrogen functional groups attached to an aromatic ring is 2.